The summed E-state index contributed by atoms with van der Waals surface area (Å²) in [5, 5.41) is 11.6. The number of hydrogen-bond acceptors (Lipinski definition) is 3. The lowest BCUT2D eigenvalue weighted by molar-refractivity contribution is -0.143. The van der Waals surface area contributed by atoms with Gasteiger partial charge in [0.15, 0.2) is 0 Å². The first-order chi connectivity index (χ1) is 10.6. The first-order valence-corrected chi connectivity index (χ1v) is 6.99. The van der Waals surface area contributed by atoms with E-state index in [0.29, 0.717) is 0 Å². The zero-order chi connectivity index (χ0) is 17.6. The molecular formula is C15H19F3N2O3. The Morgan fingerprint density at radius 2 is 1.91 bits per heavy atom. The SMILES string of the molecule is CC(=O)NCCN(Cc1ccccc1C(F)(F)F)C(C)C(=O)O. The van der Waals surface area contributed by atoms with Crippen LogP contribution in [0.15, 0.2) is 24.3 Å². The van der Waals surface area contributed by atoms with Gasteiger partial charge in [-0.15, -0.1) is 0 Å². The molecule has 0 aliphatic carbocycles. The molecule has 0 bridgehead atoms. The van der Waals surface area contributed by atoms with Crippen LogP contribution in [0.1, 0.15) is 25.0 Å². The zero-order valence-corrected chi connectivity index (χ0v) is 12.9. The number of rotatable bonds is 7. The highest BCUT2D eigenvalue weighted by molar-refractivity contribution is 5.73. The number of hydrogen-bond donors (Lipinski definition) is 2. The van der Waals surface area contributed by atoms with Gasteiger partial charge in [0.25, 0.3) is 0 Å². The van der Waals surface area contributed by atoms with Crippen LogP contribution in [-0.2, 0) is 22.3 Å². The minimum absolute atomic E-state index is 0.00377. The van der Waals surface area contributed by atoms with E-state index in [-0.39, 0.29) is 31.1 Å². The van der Waals surface area contributed by atoms with E-state index in [1.54, 1.807) is 0 Å². The van der Waals surface area contributed by atoms with Crippen LogP contribution in [0.25, 0.3) is 0 Å². The summed E-state index contributed by atoms with van der Waals surface area (Å²) in [6, 6.07) is 4.07. The fourth-order valence-electron chi connectivity index (χ4n) is 2.09. The molecule has 1 aromatic carbocycles. The molecule has 128 valence electrons. The number of amides is 1. The van der Waals surface area contributed by atoms with E-state index < -0.39 is 23.8 Å². The average molecular weight is 332 g/mol. The van der Waals surface area contributed by atoms with Gasteiger partial charge in [-0.05, 0) is 18.6 Å². The number of nitrogens with zero attached hydrogens (tertiary/aromatic N) is 1. The number of nitrogens with one attached hydrogen (secondary N) is 1. The Hall–Kier alpha value is -2.09. The van der Waals surface area contributed by atoms with Crippen molar-refractivity contribution in [3.8, 4) is 0 Å². The Morgan fingerprint density at radius 1 is 1.30 bits per heavy atom. The lowest BCUT2D eigenvalue weighted by Crippen LogP contribution is -2.43. The molecule has 0 saturated heterocycles. The molecule has 0 fully saturated rings. The first-order valence-electron chi connectivity index (χ1n) is 6.99. The maximum Gasteiger partial charge on any atom is 0.416 e. The van der Waals surface area contributed by atoms with E-state index in [4.69, 9.17) is 5.11 Å². The van der Waals surface area contributed by atoms with Crippen LogP contribution in [0, 0.1) is 0 Å². The molecule has 0 aliphatic heterocycles. The largest absolute Gasteiger partial charge is 0.480 e. The second kappa shape index (κ2) is 7.96. The molecule has 1 atom stereocenters. The number of carbonyl (C=O) groups excluding carboxylic acids is 1. The molecule has 1 amide bonds. The van der Waals surface area contributed by atoms with Gasteiger partial charge in [-0.2, -0.15) is 13.2 Å². The van der Waals surface area contributed by atoms with Gasteiger partial charge >= 0.3 is 12.1 Å². The Bertz CT molecular complexity index is 561. The van der Waals surface area contributed by atoms with Gasteiger partial charge < -0.3 is 10.4 Å². The van der Waals surface area contributed by atoms with Crippen LogP contribution in [0.2, 0.25) is 0 Å². The Morgan fingerprint density at radius 3 is 2.43 bits per heavy atom. The van der Waals surface area contributed by atoms with Gasteiger partial charge in [0.2, 0.25) is 5.91 Å². The Kier molecular flexibility index (Phi) is 6.56. The molecule has 0 spiro atoms. The highest BCUT2D eigenvalue weighted by atomic mass is 19.4. The summed E-state index contributed by atoms with van der Waals surface area (Å²) < 4.78 is 39.1. The maximum absolute atomic E-state index is 13.0. The number of carboxylic acid groups (broad SMARTS) is 1. The summed E-state index contributed by atoms with van der Waals surface area (Å²) in [5.74, 6) is -1.43. The van der Waals surface area contributed by atoms with Crippen LogP contribution < -0.4 is 5.32 Å². The molecule has 1 aromatic rings. The second-order valence-electron chi connectivity index (χ2n) is 5.12. The maximum atomic E-state index is 13.0. The molecule has 2 N–H and O–H groups in total. The van der Waals surface area contributed by atoms with Crippen LogP contribution in [-0.4, -0.2) is 41.0 Å². The molecule has 0 heterocycles. The third-order valence-electron chi connectivity index (χ3n) is 3.37. The van der Waals surface area contributed by atoms with E-state index in [1.807, 2.05) is 0 Å². The lowest BCUT2D eigenvalue weighted by atomic mass is 10.1. The average Bonchev–Trinajstić information content (AvgIpc) is 2.44. The van der Waals surface area contributed by atoms with Crippen LogP contribution in [0.4, 0.5) is 13.2 Å². The van der Waals surface area contributed by atoms with Crippen molar-refractivity contribution in [1.29, 1.82) is 0 Å². The zero-order valence-electron chi connectivity index (χ0n) is 12.9. The molecule has 1 unspecified atom stereocenters. The van der Waals surface area contributed by atoms with Crippen LogP contribution in [0.3, 0.4) is 0 Å². The normalized spacial score (nSPS) is 13.0. The molecule has 23 heavy (non-hydrogen) atoms. The lowest BCUT2D eigenvalue weighted by Gasteiger charge is -2.27. The summed E-state index contributed by atoms with van der Waals surface area (Å²) in [6.45, 7) is 2.80. The molecule has 0 radical (unpaired) electrons. The van der Waals surface area contributed by atoms with Gasteiger partial charge in [0.05, 0.1) is 5.56 Å². The second-order valence-corrected chi connectivity index (χ2v) is 5.12. The van der Waals surface area contributed by atoms with Crippen molar-refractivity contribution in [2.45, 2.75) is 32.6 Å². The monoisotopic (exact) mass is 332 g/mol. The van der Waals surface area contributed by atoms with Crippen LogP contribution >= 0.6 is 0 Å². The van der Waals surface area contributed by atoms with Gasteiger partial charge in [0.1, 0.15) is 6.04 Å². The van der Waals surface area contributed by atoms with Gasteiger partial charge in [-0.25, -0.2) is 0 Å². The topological polar surface area (TPSA) is 69.6 Å². The molecule has 1 rings (SSSR count). The Labute approximate surface area is 132 Å². The van der Waals surface area contributed by atoms with Crippen molar-refractivity contribution in [2.24, 2.45) is 0 Å². The first kappa shape index (κ1) is 19.0. The predicted octanol–water partition coefficient (Wildman–Crippen LogP) is 2.12. The van der Waals surface area contributed by atoms with Gasteiger partial charge in [-0.1, -0.05) is 18.2 Å². The van der Waals surface area contributed by atoms with Gasteiger partial charge in [0, 0.05) is 26.6 Å². The van der Waals surface area contributed by atoms with Crippen molar-refractivity contribution in [3.05, 3.63) is 35.4 Å². The highest BCUT2D eigenvalue weighted by Crippen LogP contribution is 2.32. The van der Waals surface area contributed by atoms with E-state index >= 15 is 0 Å². The van der Waals surface area contributed by atoms with E-state index in [2.05, 4.69) is 5.32 Å². The fourth-order valence-corrected chi connectivity index (χ4v) is 2.09. The number of aliphatic carboxylic acids is 1. The van der Waals surface area contributed by atoms with Gasteiger partial charge in [-0.3, -0.25) is 14.5 Å². The molecule has 8 heteroatoms. The number of alkyl halides is 3. The van der Waals surface area contributed by atoms with E-state index in [1.165, 1.54) is 36.9 Å². The molecule has 0 aliphatic rings. The van der Waals surface area contributed by atoms with E-state index in [9.17, 15) is 22.8 Å². The summed E-state index contributed by atoms with van der Waals surface area (Å²) in [6.07, 6.45) is -4.51. The minimum atomic E-state index is -4.51. The summed E-state index contributed by atoms with van der Waals surface area (Å²) in [5.41, 5.74) is -0.793. The third kappa shape index (κ3) is 5.90. The van der Waals surface area contributed by atoms with Crippen molar-refractivity contribution >= 4 is 11.9 Å². The molecule has 5 nitrogen and oxygen atoms in total. The van der Waals surface area contributed by atoms with Crippen molar-refractivity contribution in [2.75, 3.05) is 13.1 Å². The fraction of sp³-hybridized carbons (Fsp3) is 0.467. The number of carboxylic acids is 1. The van der Waals surface area contributed by atoms with E-state index in [0.717, 1.165) is 6.07 Å². The van der Waals surface area contributed by atoms with Crippen molar-refractivity contribution in [1.82, 2.24) is 10.2 Å². The predicted molar refractivity (Wildman–Crippen MR) is 77.6 cm³/mol. The third-order valence-corrected chi connectivity index (χ3v) is 3.37. The molecule has 0 saturated carbocycles. The minimum Gasteiger partial charge on any atom is -0.480 e. The number of benzene rings is 1. The van der Waals surface area contributed by atoms with Crippen molar-refractivity contribution < 1.29 is 27.9 Å². The standard InChI is InChI=1S/C15H19F3N2O3/c1-10(14(22)23)20(8-7-19-11(2)21)9-12-5-3-4-6-13(12)15(16,17)18/h3-6,10H,7-9H2,1-2H3,(H,19,21)(H,22,23). The summed E-state index contributed by atoms with van der Waals surface area (Å²) in [7, 11) is 0. The van der Waals surface area contributed by atoms with Crippen molar-refractivity contribution in [3.63, 3.8) is 0 Å². The highest BCUT2D eigenvalue weighted by Gasteiger charge is 2.34. The summed E-state index contributed by atoms with van der Waals surface area (Å²) in [4.78, 5) is 23.4. The summed E-state index contributed by atoms with van der Waals surface area (Å²) >= 11 is 0. The number of halogens is 3. The number of carbonyl (C=O) groups is 2. The smallest absolute Gasteiger partial charge is 0.416 e. The molecule has 0 aromatic heterocycles. The Balaban J connectivity index is 2.97. The quantitative estimate of drug-likeness (QED) is 0.802. The van der Waals surface area contributed by atoms with Crippen LogP contribution in [0.5, 0.6) is 0 Å². The molecular weight excluding hydrogens is 313 g/mol.